The summed E-state index contributed by atoms with van der Waals surface area (Å²) in [6.45, 7) is 2.88. The summed E-state index contributed by atoms with van der Waals surface area (Å²) in [7, 11) is 1.61. The molecule has 0 radical (unpaired) electrons. The van der Waals surface area contributed by atoms with Gasteiger partial charge >= 0.3 is 6.36 Å². The number of furan rings is 1. The van der Waals surface area contributed by atoms with Crippen molar-refractivity contribution < 1.29 is 27.1 Å². The monoisotopic (exact) mass is 481 g/mol. The summed E-state index contributed by atoms with van der Waals surface area (Å²) >= 11 is 0. The van der Waals surface area contributed by atoms with Gasteiger partial charge in [0.15, 0.2) is 11.3 Å². The second kappa shape index (κ2) is 9.66. The number of methoxy groups -OCH3 is 1. The van der Waals surface area contributed by atoms with E-state index in [0.29, 0.717) is 28.6 Å². The molecule has 0 atom stereocenters. The number of fused-ring (bicyclic) bond motifs is 1. The zero-order chi connectivity index (χ0) is 24.4. The topological polar surface area (TPSA) is 34.8 Å². The summed E-state index contributed by atoms with van der Waals surface area (Å²) < 4.78 is 52.9. The number of rotatable bonds is 6. The Hall–Kier alpha value is -3.45. The number of hydrogen-bond donors (Lipinski definition) is 0. The van der Waals surface area contributed by atoms with Crippen LogP contribution in [0.5, 0.6) is 11.5 Å². The Morgan fingerprint density at radius 3 is 2.31 bits per heavy atom. The fraction of sp³-hybridized carbons (Fsp3) is 0.286. The third-order valence-corrected chi connectivity index (χ3v) is 6.50. The molecule has 1 aromatic heterocycles. The molecule has 0 bridgehead atoms. The van der Waals surface area contributed by atoms with E-state index in [-0.39, 0.29) is 5.75 Å². The van der Waals surface area contributed by atoms with Gasteiger partial charge in [0.2, 0.25) is 0 Å². The average molecular weight is 482 g/mol. The van der Waals surface area contributed by atoms with Crippen molar-refractivity contribution in [3.63, 3.8) is 0 Å². The lowest BCUT2D eigenvalue weighted by atomic mass is 9.89. The van der Waals surface area contributed by atoms with Crippen LogP contribution in [0.2, 0.25) is 0 Å². The highest BCUT2D eigenvalue weighted by atomic mass is 19.4. The minimum absolute atomic E-state index is 0.270. The Kier molecular flexibility index (Phi) is 6.43. The minimum Gasteiger partial charge on any atom is -0.493 e. The maximum atomic E-state index is 12.4. The molecule has 1 aliphatic rings. The number of benzene rings is 3. The molecular formula is C28H26F3NO3. The lowest BCUT2D eigenvalue weighted by Crippen LogP contribution is -2.32. The molecule has 0 N–H and O–H groups in total. The number of piperidine rings is 1. The molecule has 5 rings (SSSR count). The van der Waals surface area contributed by atoms with Crippen molar-refractivity contribution in [3.05, 3.63) is 83.9 Å². The van der Waals surface area contributed by atoms with Crippen molar-refractivity contribution in [1.82, 2.24) is 4.90 Å². The summed E-state index contributed by atoms with van der Waals surface area (Å²) in [5.41, 5.74) is 3.82. The first-order chi connectivity index (χ1) is 16.9. The fourth-order valence-electron chi connectivity index (χ4n) is 4.79. The van der Waals surface area contributed by atoms with Crippen LogP contribution in [0.15, 0.2) is 77.2 Å². The molecule has 0 amide bonds. The van der Waals surface area contributed by atoms with E-state index in [9.17, 15) is 13.2 Å². The van der Waals surface area contributed by atoms with Gasteiger partial charge in [-0.1, -0.05) is 30.3 Å². The molecule has 0 aliphatic carbocycles. The lowest BCUT2D eigenvalue weighted by molar-refractivity contribution is -0.274. The summed E-state index contributed by atoms with van der Waals surface area (Å²) in [5, 5.41) is 0.893. The van der Waals surface area contributed by atoms with Gasteiger partial charge in [-0.05, 0) is 85.4 Å². The fourth-order valence-corrected chi connectivity index (χ4v) is 4.79. The number of nitrogens with zero attached hydrogens (tertiary/aromatic N) is 1. The summed E-state index contributed by atoms with van der Waals surface area (Å²) in [5.74, 6) is 1.53. The maximum Gasteiger partial charge on any atom is 0.573 e. The molecule has 4 aromatic rings. The van der Waals surface area contributed by atoms with E-state index in [1.54, 1.807) is 19.2 Å². The van der Waals surface area contributed by atoms with E-state index in [1.807, 2.05) is 12.1 Å². The molecule has 35 heavy (non-hydrogen) atoms. The van der Waals surface area contributed by atoms with Crippen LogP contribution >= 0.6 is 0 Å². The first-order valence-electron chi connectivity index (χ1n) is 11.6. The zero-order valence-electron chi connectivity index (χ0n) is 19.3. The first kappa shape index (κ1) is 23.3. The van der Waals surface area contributed by atoms with Crippen molar-refractivity contribution >= 4 is 11.0 Å². The van der Waals surface area contributed by atoms with Crippen LogP contribution in [0.4, 0.5) is 13.2 Å². The molecular weight excluding hydrogens is 455 g/mol. The third kappa shape index (κ3) is 5.46. The Morgan fingerprint density at radius 1 is 0.943 bits per heavy atom. The van der Waals surface area contributed by atoms with Gasteiger partial charge in [-0.15, -0.1) is 13.2 Å². The van der Waals surface area contributed by atoms with Gasteiger partial charge in [0.1, 0.15) is 11.5 Å². The smallest absolute Gasteiger partial charge is 0.493 e. The highest BCUT2D eigenvalue weighted by molar-refractivity contribution is 5.88. The van der Waals surface area contributed by atoms with E-state index in [2.05, 4.69) is 46.0 Å². The summed E-state index contributed by atoms with van der Waals surface area (Å²) in [6.07, 6.45) is -2.46. The van der Waals surface area contributed by atoms with Crippen LogP contribution in [0.25, 0.3) is 22.3 Å². The molecule has 182 valence electrons. The van der Waals surface area contributed by atoms with Crippen molar-refractivity contribution in [2.24, 2.45) is 0 Å². The largest absolute Gasteiger partial charge is 0.573 e. The second-order valence-corrected chi connectivity index (χ2v) is 8.86. The number of alkyl halides is 3. The van der Waals surface area contributed by atoms with Crippen LogP contribution in [0.3, 0.4) is 0 Å². The highest BCUT2D eigenvalue weighted by Crippen LogP contribution is 2.36. The molecule has 1 fully saturated rings. The predicted octanol–water partition coefficient (Wildman–Crippen LogP) is 7.39. The van der Waals surface area contributed by atoms with Crippen LogP contribution in [-0.4, -0.2) is 31.5 Å². The van der Waals surface area contributed by atoms with Gasteiger partial charge in [-0.25, -0.2) is 0 Å². The third-order valence-electron chi connectivity index (χ3n) is 6.50. The normalized spacial score (nSPS) is 15.4. The average Bonchev–Trinajstić information content (AvgIpc) is 3.28. The van der Waals surface area contributed by atoms with Gasteiger partial charge in [0.25, 0.3) is 0 Å². The predicted molar refractivity (Wildman–Crippen MR) is 129 cm³/mol. The van der Waals surface area contributed by atoms with Gasteiger partial charge < -0.3 is 13.9 Å². The Balaban J connectivity index is 1.31. The minimum atomic E-state index is -4.72. The standard InChI is InChI=1S/C28H26F3NO3/c1-33-26-16-19(18-32-13-11-21(12-14-32)20-5-3-2-4-6-20)15-23-17-25(34-27(23)26)22-7-9-24(10-8-22)35-28(29,30)31/h2-10,15-17,21H,11-14,18H2,1H3. The van der Waals surface area contributed by atoms with E-state index in [4.69, 9.17) is 9.15 Å². The van der Waals surface area contributed by atoms with Crippen LogP contribution < -0.4 is 9.47 Å². The number of likely N-dealkylation sites (tertiary alicyclic amines) is 1. The van der Waals surface area contributed by atoms with Crippen LogP contribution in [0, 0.1) is 0 Å². The van der Waals surface area contributed by atoms with Gasteiger partial charge in [0.05, 0.1) is 7.11 Å². The number of halogens is 3. The first-order valence-corrected chi connectivity index (χ1v) is 11.6. The molecule has 0 spiro atoms. The number of ether oxygens (including phenoxy) is 2. The Morgan fingerprint density at radius 2 is 1.66 bits per heavy atom. The zero-order valence-corrected chi connectivity index (χ0v) is 19.3. The summed E-state index contributed by atoms with van der Waals surface area (Å²) in [4.78, 5) is 2.46. The molecule has 4 nitrogen and oxygen atoms in total. The molecule has 1 aliphatic heterocycles. The lowest BCUT2D eigenvalue weighted by Gasteiger charge is -2.32. The molecule has 3 aromatic carbocycles. The van der Waals surface area contributed by atoms with E-state index < -0.39 is 6.36 Å². The van der Waals surface area contributed by atoms with Crippen molar-refractivity contribution in [2.75, 3.05) is 20.2 Å². The Bertz CT molecular complexity index is 1270. The second-order valence-electron chi connectivity index (χ2n) is 8.86. The van der Waals surface area contributed by atoms with Gasteiger partial charge in [-0.3, -0.25) is 4.90 Å². The van der Waals surface area contributed by atoms with Crippen LogP contribution in [0.1, 0.15) is 29.9 Å². The van der Waals surface area contributed by atoms with Crippen molar-refractivity contribution in [3.8, 4) is 22.8 Å². The van der Waals surface area contributed by atoms with E-state index >= 15 is 0 Å². The maximum absolute atomic E-state index is 12.4. The van der Waals surface area contributed by atoms with Crippen molar-refractivity contribution in [1.29, 1.82) is 0 Å². The molecule has 0 unspecified atom stereocenters. The van der Waals surface area contributed by atoms with Gasteiger partial charge in [-0.2, -0.15) is 0 Å². The van der Waals surface area contributed by atoms with Gasteiger partial charge in [0, 0.05) is 17.5 Å². The van der Waals surface area contributed by atoms with Crippen LogP contribution in [-0.2, 0) is 6.54 Å². The van der Waals surface area contributed by atoms with E-state index in [0.717, 1.165) is 43.4 Å². The van der Waals surface area contributed by atoms with Crippen molar-refractivity contribution in [2.45, 2.75) is 31.7 Å². The summed E-state index contributed by atoms with van der Waals surface area (Å²) in [6, 6.07) is 22.3. The highest BCUT2D eigenvalue weighted by Gasteiger charge is 2.31. The molecule has 7 heteroatoms. The quantitative estimate of drug-likeness (QED) is 0.288. The molecule has 0 saturated carbocycles. The Labute approximate surface area is 201 Å². The van der Waals surface area contributed by atoms with E-state index in [1.165, 1.54) is 17.7 Å². The molecule has 1 saturated heterocycles. The number of hydrogen-bond acceptors (Lipinski definition) is 4. The molecule has 2 heterocycles. The SMILES string of the molecule is COc1cc(CN2CCC(c3ccccc3)CC2)cc2cc(-c3ccc(OC(F)(F)F)cc3)oc12.